The number of hydrogen-bond acceptors (Lipinski definition) is 5. The van der Waals surface area contributed by atoms with Crippen molar-refractivity contribution < 1.29 is 9.53 Å². The highest BCUT2D eigenvalue weighted by molar-refractivity contribution is 7.12. The van der Waals surface area contributed by atoms with Crippen LogP contribution < -0.4 is 4.74 Å². The van der Waals surface area contributed by atoms with Crippen LogP contribution in [0.2, 0.25) is 0 Å². The Morgan fingerprint density at radius 3 is 2.80 bits per heavy atom. The normalized spacial score (nSPS) is 10.4. The number of methoxy groups -OCH3 is 1. The molecule has 0 radical (unpaired) electrons. The van der Waals surface area contributed by atoms with Crippen LogP contribution in [0.25, 0.3) is 5.69 Å². The molecule has 100 valence electrons. The third kappa shape index (κ3) is 2.21. The zero-order valence-corrected chi connectivity index (χ0v) is 11.5. The first-order valence-corrected chi connectivity index (χ1v) is 6.81. The topological polar surface area (TPSA) is 57.0 Å². The molecule has 6 heteroatoms. The lowest BCUT2D eigenvalue weighted by Gasteiger charge is -2.03. The van der Waals surface area contributed by atoms with Crippen LogP contribution in [-0.4, -0.2) is 27.9 Å². The third-order valence-electron chi connectivity index (χ3n) is 2.82. The maximum absolute atomic E-state index is 12.5. The number of ketones is 1. The predicted molar refractivity (Wildman–Crippen MR) is 75.7 cm³/mol. The summed E-state index contributed by atoms with van der Waals surface area (Å²) in [4.78, 5) is 13.1. The van der Waals surface area contributed by atoms with Crippen LogP contribution >= 0.6 is 11.3 Å². The largest absolute Gasteiger partial charge is 0.496 e. The molecule has 0 saturated carbocycles. The molecule has 0 spiro atoms. The summed E-state index contributed by atoms with van der Waals surface area (Å²) in [6.45, 7) is 0. The van der Waals surface area contributed by atoms with Gasteiger partial charge in [-0.1, -0.05) is 23.4 Å². The summed E-state index contributed by atoms with van der Waals surface area (Å²) in [5, 5.41) is 9.61. The average Bonchev–Trinajstić information content (AvgIpc) is 3.16. The molecule has 0 aliphatic rings. The molecule has 0 bridgehead atoms. The molecule has 0 saturated heterocycles. The highest BCUT2D eigenvalue weighted by Crippen LogP contribution is 2.24. The highest BCUT2D eigenvalue weighted by atomic mass is 32.1. The number of carbonyl (C=O) groups excluding carboxylic acids is 1. The van der Waals surface area contributed by atoms with Gasteiger partial charge < -0.3 is 4.74 Å². The van der Waals surface area contributed by atoms with Crippen LogP contribution in [0, 0.1) is 0 Å². The molecule has 0 aliphatic heterocycles. The second kappa shape index (κ2) is 5.26. The summed E-state index contributed by atoms with van der Waals surface area (Å²) >= 11 is 1.34. The van der Waals surface area contributed by atoms with Gasteiger partial charge in [-0.05, 0) is 12.1 Å². The van der Waals surface area contributed by atoms with Gasteiger partial charge in [-0.2, -0.15) is 0 Å². The molecule has 0 atom stereocenters. The molecule has 0 fully saturated rings. The molecule has 2 heterocycles. The zero-order valence-electron chi connectivity index (χ0n) is 10.7. The van der Waals surface area contributed by atoms with Gasteiger partial charge in [0, 0.05) is 11.4 Å². The molecule has 0 unspecified atom stereocenters. The monoisotopic (exact) mass is 285 g/mol. The molecular formula is C14H11N3O2S. The van der Waals surface area contributed by atoms with E-state index in [2.05, 4.69) is 10.3 Å². The van der Waals surface area contributed by atoms with E-state index in [1.54, 1.807) is 18.6 Å². The van der Waals surface area contributed by atoms with Gasteiger partial charge >= 0.3 is 0 Å². The van der Waals surface area contributed by atoms with Gasteiger partial charge in [0.25, 0.3) is 0 Å². The minimum absolute atomic E-state index is 0.118. The first-order chi connectivity index (χ1) is 9.79. The smallest absolute Gasteiger partial charge is 0.223 e. The molecule has 2 aromatic heterocycles. The van der Waals surface area contributed by atoms with E-state index in [1.807, 2.05) is 30.3 Å². The summed E-state index contributed by atoms with van der Waals surface area (Å²) in [6.07, 6.45) is 1.47. The van der Waals surface area contributed by atoms with E-state index in [4.69, 9.17) is 4.74 Å². The van der Waals surface area contributed by atoms with Gasteiger partial charge in [0.15, 0.2) is 0 Å². The second-order valence-electron chi connectivity index (χ2n) is 4.05. The number of ether oxygens (including phenoxy) is 1. The van der Waals surface area contributed by atoms with Crippen molar-refractivity contribution in [3.63, 3.8) is 0 Å². The lowest BCUT2D eigenvalue weighted by Crippen LogP contribution is -2.08. The molecule has 0 N–H and O–H groups in total. The van der Waals surface area contributed by atoms with E-state index in [1.165, 1.54) is 22.2 Å². The first kappa shape index (κ1) is 12.6. The molecule has 3 aromatic rings. The molecule has 0 amide bonds. The maximum Gasteiger partial charge on any atom is 0.223 e. The molecule has 20 heavy (non-hydrogen) atoms. The van der Waals surface area contributed by atoms with Gasteiger partial charge in [0.2, 0.25) is 5.78 Å². The Morgan fingerprint density at radius 2 is 2.10 bits per heavy atom. The Morgan fingerprint density at radius 1 is 1.30 bits per heavy atom. The van der Waals surface area contributed by atoms with E-state index in [-0.39, 0.29) is 5.78 Å². The fourth-order valence-corrected chi connectivity index (χ4v) is 2.62. The van der Waals surface area contributed by atoms with E-state index in [9.17, 15) is 4.79 Å². The van der Waals surface area contributed by atoms with Gasteiger partial charge in [0.05, 0.1) is 23.9 Å². The van der Waals surface area contributed by atoms with Crippen molar-refractivity contribution in [1.29, 1.82) is 0 Å². The molecule has 0 aliphatic carbocycles. The fourth-order valence-electron chi connectivity index (χ4n) is 1.82. The van der Waals surface area contributed by atoms with E-state index in [0.717, 1.165) is 5.69 Å². The van der Waals surface area contributed by atoms with E-state index < -0.39 is 0 Å². The Bertz CT molecular complexity index is 734. The van der Waals surface area contributed by atoms with Gasteiger partial charge in [-0.15, -0.1) is 16.4 Å². The van der Waals surface area contributed by atoms with Crippen LogP contribution in [0.15, 0.2) is 48.0 Å². The van der Waals surface area contributed by atoms with Crippen LogP contribution in [0.5, 0.6) is 5.75 Å². The van der Waals surface area contributed by atoms with Gasteiger partial charge in [-0.3, -0.25) is 4.79 Å². The molecule has 1 aromatic carbocycles. The SMILES string of the molecule is COc1csc(C(=O)c2cnnn2-c2ccccc2)c1. The van der Waals surface area contributed by atoms with Crippen molar-refractivity contribution in [3.05, 3.63) is 58.5 Å². The second-order valence-corrected chi connectivity index (χ2v) is 4.96. The van der Waals surface area contributed by atoms with E-state index >= 15 is 0 Å². The van der Waals surface area contributed by atoms with Crippen molar-refractivity contribution in [2.24, 2.45) is 0 Å². The number of carbonyl (C=O) groups is 1. The Balaban J connectivity index is 1.99. The summed E-state index contributed by atoms with van der Waals surface area (Å²) < 4.78 is 6.63. The quantitative estimate of drug-likeness (QED) is 0.691. The fraction of sp³-hybridized carbons (Fsp3) is 0.0714. The lowest BCUT2D eigenvalue weighted by molar-refractivity contribution is 0.103. The number of rotatable bonds is 4. The van der Waals surface area contributed by atoms with Crippen molar-refractivity contribution in [2.45, 2.75) is 0 Å². The van der Waals surface area contributed by atoms with Crippen molar-refractivity contribution in [2.75, 3.05) is 7.11 Å². The van der Waals surface area contributed by atoms with Crippen molar-refractivity contribution in [1.82, 2.24) is 15.0 Å². The highest BCUT2D eigenvalue weighted by Gasteiger charge is 2.18. The summed E-state index contributed by atoms with van der Waals surface area (Å²) in [5.74, 6) is 0.559. The minimum atomic E-state index is -0.118. The van der Waals surface area contributed by atoms with Crippen LogP contribution in [0.1, 0.15) is 15.4 Å². The number of hydrogen-bond donors (Lipinski definition) is 0. The lowest BCUT2D eigenvalue weighted by atomic mass is 10.2. The van der Waals surface area contributed by atoms with Gasteiger partial charge in [0.1, 0.15) is 11.4 Å². The summed E-state index contributed by atoms with van der Waals surface area (Å²) in [5.41, 5.74) is 1.23. The van der Waals surface area contributed by atoms with Crippen molar-refractivity contribution >= 4 is 17.1 Å². The zero-order chi connectivity index (χ0) is 13.9. The Labute approximate surface area is 119 Å². The van der Waals surface area contributed by atoms with Crippen molar-refractivity contribution in [3.8, 4) is 11.4 Å². The standard InChI is InChI=1S/C14H11N3O2S/c1-19-11-7-13(20-9-11)14(18)12-8-15-16-17(12)10-5-3-2-4-6-10/h2-9H,1H3. The van der Waals surface area contributed by atoms with E-state index in [0.29, 0.717) is 16.3 Å². The molecule has 3 rings (SSSR count). The van der Waals surface area contributed by atoms with Crippen LogP contribution in [0.4, 0.5) is 0 Å². The minimum Gasteiger partial charge on any atom is -0.496 e. The van der Waals surface area contributed by atoms with Crippen LogP contribution in [0.3, 0.4) is 0 Å². The van der Waals surface area contributed by atoms with Crippen LogP contribution in [-0.2, 0) is 0 Å². The number of aromatic nitrogens is 3. The Kier molecular flexibility index (Phi) is 3.30. The maximum atomic E-state index is 12.5. The predicted octanol–water partition coefficient (Wildman–Crippen LogP) is 2.57. The summed E-state index contributed by atoms with van der Waals surface area (Å²) in [6, 6.07) is 11.2. The number of benzene rings is 1. The number of nitrogens with zero attached hydrogens (tertiary/aromatic N) is 3. The number of para-hydroxylation sites is 1. The van der Waals surface area contributed by atoms with Gasteiger partial charge in [-0.25, -0.2) is 4.68 Å². The summed E-state index contributed by atoms with van der Waals surface area (Å²) in [7, 11) is 1.58. The third-order valence-corrected chi connectivity index (χ3v) is 3.72. The molecule has 5 nitrogen and oxygen atoms in total. The molecular weight excluding hydrogens is 274 g/mol. The first-order valence-electron chi connectivity index (χ1n) is 5.93. The average molecular weight is 285 g/mol. The number of thiophene rings is 1. The Hall–Kier alpha value is -2.47.